The highest BCUT2D eigenvalue weighted by molar-refractivity contribution is 5.25. The van der Waals surface area contributed by atoms with Crippen LogP contribution < -0.4 is 0 Å². The molecule has 2 rings (SSSR count). The number of hydrogen-bond acceptors (Lipinski definition) is 2. The molecule has 0 bridgehead atoms. The van der Waals surface area contributed by atoms with Gasteiger partial charge in [0.25, 0.3) is 0 Å². The van der Waals surface area contributed by atoms with Crippen molar-refractivity contribution in [2.75, 3.05) is 0 Å². The summed E-state index contributed by atoms with van der Waals surface area (Å²) in [6.45, 7) is 3.89. The van der Waals surface area contributed by atoms with Crippen LogP contribution in [0.15, 0.2) is 28.7 Å². The van der Waals surface area contributed by atoms with Crippen LogP contribution in [0.2, 0.25) is 0 Å². The van der Waals surface area contributed by atoms with Gasteiger partial charge in [-0.2, -0.15) is 13.2 Å². The van der Waals surface area contributed by atoms with Gasteiger partial charge in [0.1, 0.15) is 5.76 Å². The van der Waals surface area contributed by atoms with Crippen molar-refractivity contribution in [3.63, 3.8) is 0 Å². The fourth-order valence-electron chi connectivity index (χ4n) is 2.03. The highest BCUT2D eigenvalue weighted by atomic mass is 19.4. The Labute approximate surface area is 115 Å². The lowest BCUT2D eigenvalue weighted by Gasteiger charge is -2.07. The van der Waals surface area contributed by atoms with Crippen molar-refractivity contribution in [1.29, 1.82) is 0 Å². The van der Waals surface area contributed by atoms with Crippen molar-refractivity contribution in [2.45, 2.75) is 39.3 Å². The summed E-state index contributed by atoms with van der Waals surface area (Å²) in [7, 11) is 0. The maximum absolute atomic E-state index is 12.4. The van der Waals surface area contributed by atoms with Gasteiger partial charge in [-0.15, -0.1) is 0 Å². The van der Waals surface area contributed by atoms with E-state index < -0.39 is 11.7 Å². The van der Waals surface area contributed by atoms with Crippen molar-refractivity contribution < 1.29 is 17.6 Å². The van der Waals surface area contributed by atoms with Crippen LogP contribution in [0.3, 0.4) is 0 Å². The third-order valence-corrected chi connectivity index (χ3v) is 3.17. The zero-order chi connectivity index (χ0) is 14.8. The van der Waals surface area contributed by atoms with Gasteiger partial charge in [0.2, 0.25) is 0 Å². The number of aromatic nitrogens is 1. The molecule has 1 aromatic carbocycles. The largest absolute Gasteiger partial charge is 0.445 e. The number of halogens is 3. The van der Waals surface area contributed by atoms with Gasteiger partial charge in [0.05, 0.1) is 11.3 Å². The molecule has 0 atom stereocenters. The van der Waals surface area contributed by atoms with E-state index >= 15 is 0 Å². The van der Waals surface area contributed by atoms with E-state index in [0.717, 1.165) is 35.6 Å². The van der Waals surface area contributed by atoms with Crippen LogP contribution in [0.4, 0.5) is 13.2 Å². The second kappa shape index (κ2) is 5.69. The minimum atomic E-state index is -4.28. The summed E-state index contributed by atoms with van der Waals surface area (Å²) in [5.74, 6) is 1.51. The molecule has 0 aliphatic rings. The van der Waals surface area contributed by atoms with Crippen molar-refractivity contribution in [2.24, 2.45) is 0 Å². The predicted molar refractivity (Wildman–Crippen MR) is 69.5 cm³/mol. The first kappa shape index (κ1) is 14.6. The lowest BCUT2D eigenvalue weighted by Crippen LogP contribution is -2.04. The third kappa shape index (κ3) is 3.40. The van der Waals surface area contributed by atoms with Crippen LogP contribution in [0.5, 0.6) is 0 Å². The molecule has 0 aliphatic carbocycles. The minimum Gasteiger partial charge on any atom is -0.445 e. The van der Waals surface area contributed by atoms with Crippen LogP contribution in [0.1, 0.15) is 35.4 Å². The molecule has 20 heavy (non-hydrogen) atoms. The first-order chi connectivity index (χ1) is 9.40. The van der Waals surface area contributed by atoms with Gasteiger partial charge in [-0.1, -0.05) is 19.1 Å². The summed E-state index contributed by atoms with van der Waals surface area (Å²) < 4.78 is 42.9. The van der Waals surface area contributed by atoms with Crippen LogP contribution in [-0.4, -0.2) is 4.98 Å². The van der Waals surface area contributed by atoms with Crippen molar-refractivity contribution in [1.82, 2.24) is 4.98 Å². The van der Waals surface area contributed by atoms with Gasteiger partial charge in [0.15, 0.2) is 5.89 Å². The predicted octanol–water partition coefficient (Wildman–Crippen LogP) is 4.35. The topological polar surface area (TPSA) is 26.0 Å². The zero-order valence-electron chi connectivity index (χ0n) is 11.4. The highest BCUT2D eigenvalue weighted by Crippen LogP contribution is 2.29. The Balaban J connectivity index is 2.00. The lowest BCUT2D eigenvalue weighted by atomic mass is 10.1. The number of oxazole rings is 1. The van der Waals surface area contributed by atoms with E-state index in [2.05, 4.69) is 4.98 Å². The molecule has 0 saturated heterocycles. The third-order valence-electron chi connectivity index (χ3n) is 3.17. The molecule has 0 fully saturated rings. The molecule has 0 radical (unpaired) electrons. The Morgan fingerprint density at radius 3 is 2.25 bits per heavy atom. The smallest absolute Gasteiger partial charge is 0.416 e. The summed E-state index contributed by atoms with van der Waals surface area (Å²) in [6, 6.07) is 5.21. The van der Waals surface area contributed by atoms with Crippen LogP contribution in [-0.2, 0) is 25.4 Å². The summed E-state index contributed by atoms with van der Waals surface area (Å²) in [4.78, 5) is 4.31. The molecular weight excluding hydrogens is 267 g/mol. The summed E-state index contributed by atoms with van der Waals surface area (Å²) in [6.07, 6.45) is -2.29. The number of alkyl halides is 3. The van der Waals surface area contributed by atoms with E-state index in [1.54, 1.807) is 0 Å². The van der Waals surface area contributed by atoms with Crippen molar-refractivity contribution >= 4 is 0 Å². The Kier molecular flexibility index (Phi) is 4.16. The molecule has 0 unspecified atom stereocenters. The Hall–Kier alpha value is -1.78. The van der Waals surface area contributed by atoms with Crippen LogP contribution >= 0.6 is 0 Å². The summed E-state index contributed by atoms with van der Waals surface area (Å²) in [5.41, 5.74) is 1.10. The number of hydrogen-bond donors (Lipinski definition) is 0. The second-order valence-corrected chi connectivity index (χ2v) is 4.66. The fraction of sp³-hybridized carbons (Fsp3) is 0.400. The number of rotatable bonds is 4. The van der Waals surface area contributed by atoms with E-state index in [9.17, 15) is 13.2 Å². The quantitative estimate of drug-likeness (QED) is 0.833. The molecule has 2 aromatic rings. The standard InChI is InChI=1S/C15H16F3NO/c1-3-13-10(2)19-14(20-13)9-6-11-4-7-12(8-5-11)15(16,17)18/h4-5,7-8H,3,6,9H2,1-2H3. The molecule has 5 heteroatoms. The van der Waals surface area contributed by atoms with Crippen molar-refractivity contribution in [3.05, 3.63) is 52.7 Å². The molecule has 1 heterocycles. The molecule has 1 aromatic heterocycles. The molecule has 0 amide bonds. The maximum Gasteiger partial charge on any atom is 0.416 e. The molecule has 0 aliphatic heterocycles. The summed E-state index contributed by atoms with van der Waals surface area (Å²) in [5, 5.41) is 0. The average Bonchev–Trinajstić information content (AvgIpc) is 2.76. The SMILES string of the molecule is CCc1oc(CCc2ccc(C(F)(F)F)cc2)nc1C. The Morgan fingerprint density at radius 1 is 1.10 bits per heavy atom. The highest BCUT2D eigenvalue weighted by Gasteiger charge is 2.29. The first-order valence-corrected chi connectivity index (χ1v) is 6.51. The van der Waals surface area contributed by atoms with Gasteiger partial charge in [-0.25, -0.2) is 4.98 Å². The summed E-state index contributed by atoms with van der Waals surface area (Å²) >= 11 is 0. The van der Waals surface area contributed by atoms with Gasteiger partial charge >= 0.3 is 6.18 Å². The molecule has 108 valence electrons. The molecule has 0 N–H and O–H groups in total. The van der Waals surface area contributed by atoms with Crippen LogP contribution in [0.25, 0.3) is 0 Å². The zero-order valence-corrected chi connectivity index (χ0v) is 11.4. The molecule has 0 saturated carbocycles. The lowest BCUT2D eigenvalue weighted by molar-refractivity contribution is -0.137. The number of benzene rings is 1. The van der Waals surface area contributed by atoms with E-state index in [4.69, 9.17) is 4.42 Å². The van der Waals surface area contributed by atoms with Gasteiger partial charge in [-0.3, -0.25) is 0 Å². The van der Waals surface area contributed by atoms with Crippen LogP contribution in [0, 0.1) is 6.92 Å². The molecular formula is C15H16F3NO. The Bertz CT molecular complexity index is 570. The normalized spacial score (nSPS) is 11.8. The van der Waals surface area contributed by atoms with E-state index in [1.165, 1.54) is 12.1 Å². The van der Waals surface area contributed by atoms with Gasteiger partial charge < -0.3 is 4.42 Å². The fourth-order valence-corrected chi connectivity index (χ4v) is 2.03. The Morgan fingerprint density at radius 2 is 1.75 bits per heavy atom. The monoisotopic (exact) mass is 283 g/mol. The maximum atomic E-state index is 12.4. The van der Waals surface area contributed by atoms with Gasteiger partial charge in [-0.05, 0) is 31.0 Å². The van der Waals surface area contributed by atoms with E-state index in [1.807, 2.05) is 13.8 Å². The first-order valence-electron chi connectivity index (χ1n) is 6.51. The van der Waals surface area contributed by atoms with Gasteiger partial charge in [0, 0.05) is 12.8 Å². The molecule has 2 nitrogen and oxygen atoms in total. The average molecular weight is 283 g/mol. The van der Waals surface area contributed by atoms with E-state index in [0.29, 0.717) is 18.7 Å². The minimum absolute atomic E-state index is 0.589. The number of aryl methyl sites for hydroxylation is 4. The van der Waals surface area contributed by atoms with E-state index in [-0.39, 0.29) is 0 Å². The van der Waals surface area contributed by atoms with Crippen molar-refractivity contribution in [3.8, 4) is 0 Å². The second-order valence-electron chi connectivity index (χ2n) is 4.66. The molecule has 0 spiro atoms. The number of nitrogens with zero attached hydrogens (tertiary/aromatic N) is 1.